The van der Waals surface area contributed by atoms with E-state index in [0.717, 1.165) is 16.6 Å². The van der Waals surface area contributed by atoms with Gasteiger partial charge in [0.2, 0.25) is 0 Å². The van der Waals surface area contributed by atoms with Gasteiger partial charge < -0.3 is 14.8 Å². The Morgan fingerprint density at radius 3 is 2.69 bits per heavy atom. The van der Waals surface area contributed by atoms with E-state index in [9.17, 15) is 4.79 Å². The molecule has 2 aromatic heterocycles. The number of hydrogen-bond acceptors (Lipinski definition) is 6. The summed E-state index contributed by atoms with van der Waals surface area (Å²) >= 11 is 6.25. The van der Waals surface area contributed by atoms with Crippen molar-refractivity contribution < 1.29 is 14.3 Å². The van der Waals surface area contributed by atoms with Crippen molar-refractivity contribution in [2.75, 3.05) is 19.0 Å². The molecule has 0 amide bonds. The van der Waals surface area contributed by atoms with Crippen molar-refractivity contribution in [1.82, 2.24) is 9.97 Å². The number of nitrogens with one attached hydrogen (secondary N) is 1. The Kier molecular flexibility index (Phi) is 5.18. The van der Waals surface area contributed by atoms with Gasteiger partial charge in [0.05, 0.1) is 47.3 Å². The van der Waals surface area contributed by atoms with Crippen molar-refractivity contribution >= 4 is 50.8 Å². The first-order chi connectivity index (χ1) is 14.1. The number of para-hydroxylation sites is 1. The minimum atomic E-state index is -0.466. The molecular formula is C22H18ClN3O3. The fourth-order valence-corrected chi connectivity index (χ4v) is 3.37. The molecule has 4 aromatic rings. The van der Waals surface area contributed by atoms with Gasteiger partial charge in [-0.15, -0.1) is 0 Å². The normalized spacial score (nSPS) is 10.9. The largest absolute Gasteiger partial charge is 0.495 e. The maximum Gasteiger partial charge on any atom is 0.341 e. The third-order valence-corrected chi connectivity index (χ3v) is 4.79. The Balaban J connectivity index is 1.90. The summed E-state index contributed by atoms with van der Waals surface area (Å²) in [6.45, 7) is 2.02. The number of rotatable bonds is 5. The van der Waals surface area contributed by atoms with Gasteiger partial charge in [-0.2, -0.15) is 0 Å². The highest BCUT2D eigenvalue weighted by atomic mass is 35.5. The van der Waals surface area contributed by atoms with Gasteiger partial charge in [-0.1, -0.05) is 29.8 Å². The zero-order valence-electron chi connectivity index (χ0n) is 15.9. The monoisotopic (exact) mass is 407 g/mol. The van der Waals surface area contributed by atoms with Crippen LogP contribution in [0.4, 0.5) is 11.4 Å². The Morgan fingerprint density at radius 1 is 1.10 bits per heavy atom. The summed E-state index contributed by atoms with van der Waals surface area (Å²) in [5, 5.41) is 5.42. The van der Waals surface area contributed by atoms with E-state index in [1.807, 2.05) is 30.3 Å². The summed E-state index contributed by atoms with van der Waals surface area (Å²) in [5.41, 5.74) is 3.12. The molecule has 0 bridgehead atoms. The summed E-state index contributed by atoms with van der Waals surface area (Å²) in [4.78, 5) is 21.4. The Hall–Kier alpha value is -3.38. The zero-order chi connectivity index (χ0) is 20.4. The molecule has 146 valence electrons. The number of pyridine rings is 2. The summed E-state index contributed by atoms with van der Waals surface area (Å²) in [5.74, 6) is 0.0220. The number of halogens is 1. The molecule has 6 nitrogen and oxygen atoms in total. The highest BCUT2D eigenvalue weighted by molar-refractivity contribution is 6.33. The van der Waals surface area contributed by atoms with E-state index in [-0.39, 0.29) is 6.61 Å². The highest BCUT2D eigenvalue weighted by Gasteiger charge is 2.19. The van der Waals surface area contributed by atoms with Crippen molar-refractivity contribution in [2.24, 2.45) is 0 Å². The standard InChI is InChI=1S/C22H18ClN3O3/c1-3-29-22(27)16-12-25-19-10-17(23)20(28-2)9-15(19)21(16)26-14-8-13-6-4-5-7-18(13)24-11-14/h4-12H,3H2,1-2H3,(H,25,26). The molecule has 0 aliphatic heterocycles. The molecule has 2 heterocycles. The molecule has 1 N–H and O–H groups in total. The fraction of sp³-hybridized carbons (Fsp3) is 0.136. The third-order valence-electron chi connectivity index (χ3n) is 4.50. The second-order valence-corrected chi connectivity index (χ2v) is 6.72. The number of carbonyl (C=O) groups excluding carboxylic acids is 1. The van der Waals surface area contributed by atoms with Crippen LogP contribution >= 0.6 is 11.6 Å². The van der Waals surface area contributed by atoms with Crippen LogP contribution in [0.15, 0.2) is 54.9 Å². The molecule has 4 rings (SSSR count). The number of carbonyl (C=O) groups is 1. The first kappa shape index (κ1) is 19.0. The Labute approximate surface area is 172 Å². The topological polar surface area (TPSA) is 73.3 Å². The fourth-order valence-electron chi connectivity index (χ4n) is 3.13. The van der Waals surface area contributed by atoms with Gasteiger partial charge in [0.25, 0.3) is 0 Å². The van der Waals surface area contributed by atoms with Crippen molar-refractivity contribution in [3.63, 3.8) is 0 Å². The van der Waals surface area contributed by atoms with Gasteiger partial charge in [-0.25, -0.2) is 4.79 Å². The van der Waals surface area contributed by atoms with Gasteiger partial charge in [0.15, 0.2) is 0 Å². The number of esters is 1. The number of anilines is 2. The van der Waals surface area contributed by atoms with E-state index in [1.165, 1.54) is 13.3 Å². The molecule has 0 aliphatic carbocycles. The summed E-state index contributed by atoms with van der Waals surface area (Å²) in [6.07, 6.45) is 3.20. The van der Waals surface area contributed by atoms with Crippen LogP contribution < -0.4 is 10.1 Å². The van der Waals surface area contributed by atoms with Crippen molar-refractivity contribution in [3.8, 4) is 5.75 Å². The van der Waals surface area contributed by atoms with E-state index >= 15 is 0 Å². The number of aromatic nitrogens is 2. The maximum atomic E-state index is 12.6. The SMILES string of the molecule is CCOC(=O)c1cnc2cc(Cl)c(OC)cc2c1Nc1cnc2ccccc2c1. The molecule has 0 atom stereocenters. The van der Waals surface area contributed by atoms with E-state index in [1.54, 1.807) is 25.3 Å². The number of hydrogen-bond donors (Lipinski definition) is 1. The summed E-state index contributed by atoms with van der Waals surface area (Å²) in [7, 11) is 1.54. The first-order valence-electron chi connectivity index (χ1n) is 9.06. The van der Waals surface area contributed by atoms with Crippen molar-refractivity contribution in [3.05, 3.63) is 65.4 Å². The van der Waals surface area contributed by atoms with Gasteiger partial charge in [-0.05, 0) is 31.2 Å². The van der Waals surface area contributed by atoms with E-state index in [4.69, 9.17) is 21.1 Å². The van der Waals surface area contributed by atoms with Crippen LogP contribution in [0.25, 0.3) is 21.8 Å². The van der Waals surface area contributed by atoms with Gasteiger partial charge in [0.1, 0.15) is 11.3 Å². The number of nitrogens with zero attached hydrogens (tertiary/aromatic N) is 2. The minimum Gasteiger partial charge on any atom is -0.495 e. The van der Waals surface area contributed by atoms with Gasteiger partial charge in [-0.3, -0.25) is 9.97 Å². The quantitative estimate of drug-likeness (QED) is 0.448. The second kappa shape index (κ2) is 7.93. The summed E-state index contributed by atoms with van der Waals surface area (Å²) < 4.78 is 10.6. The van der Waals surface area contributed by atoms with Crippen molar-refractivity contribution in [2.45, 2.75) is 6.92 Å². The van der Waals surface area contributed by atoms with Crippen LogP contribution in [0.2, 0.25) is 5.02 Å². The van der Waals surface area contributed by atoms with E-state index in [2.05, 4.69) is 15.3 Å². The lowest BCUT2D eigenvalue weighted by molar-refractivity contribution is 0.0527. The molecule has 0 saturated carbocycles. The van der Waals surface area contributed by atoms with Crippen LogP contribution in [-0.2, 0) is 4.74 Å². The second-order valence-electron chi connectivity index (χ2n) is 6.31. The van der Waals surface area contributed by atoms with Gasteiger partial charge in [0, 0.05) is 17.0 Å². The molecule has 0 saturated heterocycles. The molecule has 29 heavy (non-hydrogen) atoms. The van der Waals surface area contributed by atoms with Gasteiger partial charge >= 0.3 is 5.97 Å². The minimum absolute atomic E-state index is 0.262. The zero-order valence-corrected chi connectivity index (χ0v) is 16.7. The average molecular weight is 408 g/mol. The molecule has 0 unspecified atom stereocenters. The molecule has 0 spiro atoms. The number of fused-ring (bicyclic) bond motifs is 2. The Bertz CT molecular complexity index is 1230. The highest BCUT2D eigenvalue weighted by Crippen LogP contribution is 2.36. The van der Waals surface area contributed by atoms with Crippen LogP contribution in [0.1, 0.15) is 17.3 Å². The molecular weight excluding hydrogens is 390 g/mol. The van der Waals surface area contributed by atoms with E-state index < -0.39 is 5.97 Å². The third kappa shape index (κ3) is 3.67. The van der Waals surface area contributed by atoms with Crippen LogP contribution in [-0.4, -0.2) is 29.7 Å². The molecule has 0 radical (unpaired) electrons. The first-order valence-corrected chi connectivity index (χ1v) is 9.43. The lowest BCUT2D eigenvalue weighted by Gasteiger charge is -2.15. The molecule has 7 heteroatoms. The maximum absolute atomic E-state index is 12.6. The molecule has 0 fully saturated rings. The lowest BCUT2D eigenvalue weighted by Crippen LogP contribution is -2.09. The average Bonchev–Trinajstić information content (AvgIpc) is 2.73. The van der Waals surface area contributed by atoms with Crippen molar-refractivity contribution in [1.29, 1.82) is 0 Å². The number of methoxy groups -OCH3 is 1. The number of ether oxygens (including phenoxy) is 2. The Morgan fingerprint density at radius 2 is 1.90 bits per heavy atom. The smallest absolute Gasteiger partial charge is 0.341 e. The van der Waals surface area contributed by atoms with Crippen LogP contribution in [0.5, 0.6) is 5.75 Å². The van der Waals surface area contributed by atoms with Crippen LogP contribution in [0.3, 0.4) is 0 Å². The molecule has 0 aliphatic rings. The summed E-state index contributed by atoms with van der Waals surface area (Å²) in [6, 6.07) is 13.2. The van der Waals surface area contributed by atoms with Crippen LogP contribution in [0, 0.1) is 0 Å². The molecule has 2 aromatic carbocycles. The predicted octanol–water partition coefficient (Wildman–Crippen LogP) is 5.37. The lowest BCUT2D eigenvalue weighted by atomic mass is 10.1. The number of benzene rings is 2. The predicted molar refractivity (Wildman–Crippen MR) is 114 cm³/mol. The van der Waals surface area contributed by atoms with E-state index in [0.29, 0.717) is 32.9 Å².